The fourth-order valence-corrected chi connectivity index (χ4v) is 1.86. The number of nitrogens with zero attached hydrogens (tertiary/aromatic N) is 2. The smallest absolute Gasteiger partial charge is 0.292 e. The number of furan rings is 1. The van der Waals surface area contributed by atoms with E-state index in [9.17, 15) is 4.79 Å². The summed E-state index contributed by atoms with van der Waals surface area (Å²) in [6, 6.07) is 10.7. The lowest BCUT2D eigenvalue weighted by Crippen LogP contribution is -2.12. The summed E-state index contributed by atoms with van der Waals surface area (Å²) in [7, 11) is 0. The van der Waals surface area contributed by atoms with Crippen molar-refractivity contribution in [2.24, 2.45) is 0 Å². The van der Waals surface area contributed by atoms with Crippen LogP contribution in [0, 0.1) is 0 Å². The van der Waals surface area contributed by atoms with Gasteiger partial charge in [0.05, 0.1) is 18.1 Å². The zero-order valence-corrected chi connectivity index (χ0v) is 11.7. The van der Waals surface area contributed by atoms with Crippen molar-refractivity contribution in [3.8, 4) is 0 Å². The molecule has 0 saturated carbocycles. The quantitative estimate of drug-likeness (QED) is 0.756. The SMILES string of the molecule is O=C(Nc1ccc(NCc2ccncc2)cn1)c1ccco1. The van der Waals surface area contributed by atoms with Crippen molar-refractivity contribution >= 4 is 17.4 Å². The third-order valence-electron chi connectivity index (χ3n) is 3.00. The molecule has 3 heterocycles. The maximum absolute atomic E-state index is 11.8. The first-order valence-electron chi connectivity index (χ1n) is 6.75. The zero-order chi connectivity index (χ0) is 15.2. The molecule has 110 valence electrons. The number of pyridine rings is 2. The Morgan fingerprint density at radius 2 is 2.00 bits per heavy atom. The van der Waals surface area contributed by atoms with E-state index in [0.29, 0.717) is 12.4 Å². The van der Waals surface area contributed by atoms with Gasteiger partial charge in [-0.25, -0.2) is 4.98 Å². The molecule has 2 N–H and O–H groups in total. The molecule has 0 aliphatic carbocycles. The van der Waals surface area contributed by atoms with Gasteiger partial charge in [-0.1, -0.05) is 0 Å². The number of anilines is 2. The molecule has 22 heavy (non-hydrogen) atoms. The molecule has 1 amide bonds. The lowest BCUT2D eigenvalue weighted by Gasteiger charge is -2.07. The second-order valence-corrected chi connectivity index (χ2v) is 4.57. The summed E-state index contributed by atoms with van der Waals surface area (Å²) in [4.78, 5) is 20.0. The van der Waals surface area contributed by atoms with Gasteiger partial charge in [0.15, 0.2) is 5.76 Å². The van der Waals surface area contributed by atoms with Crippen LogP contribution in [-0.2, 0) is 6.54 Å². The van der Waals surface area contributed by atoms with Crippen molar-refractivity contribution < 1.29 is 9.21 Å². The Kier molecular flexibility index (Phi) is 4.10. The second-order valence-electron chi connectivity index (χ2n) is 4.57. The van der Waals surface area contributed by atoms with Crippen LogP contribution < -0.4 is 10.6 Å². The van der Waals surface area contributed by atoms with E-state index >= 15 is 0 Å². The number of carbonyl (C=O) groups is 1. The Bertz CT molecular complexity index is 725. The first-order chi connectivity index (χ1) is 10.8. The van der Waals surface area contributed by atoms with Gasteiger partial charge in [0.25, 0.3) is 5.91 Å². The van der Waals surface area contributed by atoms with Crippen molar-refractivity contribution in [2.75, 3.05) is 10.6 Å². The monoisotopic (exact) mass is 294 g/mol. The standard InChI is InChI=1S/C16H14N4O2/c21-16(14-2-1-9-22-14)20-15-4-3-13(11-19-15)18-10-12-5-7-17-8-6-12/h1-9,11,18H,10H2,(H,19,20,21). The van der Waals surface area contributed by atoms with Crippen molar-refractivity contribution in [3.05, 3.63) is 72.6 Å². The highest BCUT2D eigenvalue weighted by Crippen LogP contribution is 2.12. The minimum Gasteiger partial charge on any atom is -0.459 e. The second kappa shape index (κ2) is 6.53. The minimum atomic E-state index is -0.324. The van der Waals surface area contributed by atoms with Gasteiger partial charge in [0.1, 0.15) is 5.82 Å². The molecule has 0 atom stereocenters. The van der Waals surface area contributed by atoms with Gasteiger partial charge >= 0.3 is 0 Å². The third kappa shape index (κ3) is 3.49. The Balaban J connectivity index is 1.57. The van der Waals surface area contributed by atoms with Gasteiger partial charge in [-0.05, 0) is 42.0 Å². The highest BCUT2D eigenvalue weighted by atomic mass is 16.3. The summed E-state index contributed by atoms with van der Waals surface area (Å²) in [6.45, 7) is 0.683. The predicted molar refractivity (Wildman–Crippen MR) is 82.5 cm³/mol. The number of nitrogens with one attached hydrogen (secondary N) is 2. The van der Waals surface area contributed by atoms with E-state index < -0.39 is 0 Å². The number of rotatable bonds is 5. The molecule has 3 rings (SSSR count). The molecule has 0 radical (unpaired) electrons. The van der Waals surface area contributed by atoms with Gasteiger partial charge < -0.3 is 15.1 Å². The van der Waals surface area contributed by atoms with Crippen LogP contribution in [0.25, 0.3) is 0 Å². The third-order valence-corrected chi connectivity index (χ3v) is 3.00. The van der Waals surface area contributed by atoms with E-state index in [1.165, 1.54) is 6.26 Å². The molecule has 0 aliphatic heterocycles. The first kappa shape index (κ1) is 13.8. The molecule has 6 heteroatoms. The number of hydrogen-bond acceptors (Lipinski definition) is 5. The van der Waals surface area contributed by atoms with Crippen molar-refractivity contribution in [1.29, 1.82) is 0 Å². The highest BCUT2D eigenvalue weighted by molar-refractivity contribution is 6.01. The van der Waals surface area contributed by atoms with Gasteiger partial charge in [-0.3, -0.25) is 9.78 Å². The largest absolute Gasteiger partial charge is 0.459 e. The van der Waals surface area contributed by atoms with E-state index in [4.69, 9.17) is 4.42 Å². The average molecular weight is 294 g/mol. The molecule has 0 fully saturated rings. The van der Waals surface area contributed by atoms with Crippen LogP contribution >= 0.6 is 0 Å². The molecule has 3 aromatic rings. The molecule has 0 unspecified atom stereocenters. The number of carbonyl (C=O) groups excluding carboxylic acids is 1. The van der Waals surface area contributed by atoms with Crippen LogP contribution in [-0.4, -0.2) is 15.9 Å². The van der Waals surface area contributed by atoms with Crippen LogP contribution in [0.15, 0.2) is 65.7 Å². The van der Waals surface area contributed by atoms with Crippen molar-refractivity contribution in [1.82, 2.24) is 9.97 Å². The Labute approximate surface area is 127 Å². The molecule has 0 aromatic carbocycles. The fourth-order valence-electron chi connectivity index (χ4n) is 1.86. The highest BCUT2D eigenvalue weighted by Gasteiger charge is 2.08. The average Bonchev–Trinajstić information content (AvgIpc) is 3.10. The van der Waals surface area contributed by atoms with E-state index in [0.717, 1.165) is 11.3 Å². The van der Waals surface area contributed by atoms with Crippen LogP contribution in [0.2, 0.25) is 0 Å². The minimum absolute atomic E-state index is 0.252. The van der Waals surface area contributed by atoms with E-state index in [1.54, 1.807) is 36.8 Å². The molecular formula is C16H14N4O2. The molecule has 6 nitrogen and oxygen atoms in total. The van der Waals surface area contributed by atoms with Crippen LogP contribution in [0.1, 0.15) is 16.1 Å². The van der Waals surface area contributed by atoms with Gasteiger partial charge in [0, 0.05) is 18.9 Å². The Morgan fingerprint density at radius 1 is 1.14 bits per heavy atom. The Morgan fingerprint density at radius 3 is 2.68 bits per heavy atom. The first-order valence-corrected chi connectivity index (χ1v) is 6.75. The normalized spacial score (nSPS) is 10.2. The number of hydrogen-bond donors (Lipinski definition) is 2. The molecule has 0 aliphatic rings. The van der Waals surface area contributed by atoms with E-state index in [2.05, 4.69) is 20.6 Å². The Hall–Kier alpha value is -3.15. The summed E-state index contributed by atoms with van der Waals surface area (Å²) in [5.41, 5.74) is 2.00. The summed E-state index contributed by atoms with van der Waals surface area (Å²) in [5, 5.41) is 5.91. The molecule has 0 bridgehead atoms. The zero-order valence-electron chi connectivity index (χ0n) is 11.7. The number of amides is 1. The topological polar surface area (TPSA) is 80.0 Å². The maximum atomic E-state index is 11.8. The lowest BCUT2D eigenvalue weighted by molar-refractivity contribution is 0.0996. The van der Waals surface area contributed by atoms with Crippen molar-refractivity contribution in [2.45, 2.75) is 6.54 Å². The summed E-state index contributed by atoms with van der Waals surface area (Å²) in [5.74, 6) is 0.396. The molecule has 0 spiro atoms. The van der Waals surface area contributed by atoms with Crippen LogP contribution in [0.5, 0.6) is 0 Å². The van der Waals surface area contributed by atoms with Crippen molar-refractivity contribution in [3.63, 3.8) is 0 Å². The molecule has 0 saturated heterocycles. The van der Waals surface area contributed by atoms with Gasteiger partial charge in [-0.15, -0.1) is 0 Å². The summed E-state index contributed by atoms with van der Waals surface area (Å²) < 4.78 is 5.02. The fraction of sp³-hybridized carbons (Fsp3) is 0.0625. The number of aromatic nitrogens is 2. The van der Waals surface area contributed by atoms with Crippen LogP contribution in [0.4, 0.5) is 11.5 Å². The van der Waals surface area contributed by atoms with Gasteiger partial charge in [-0.2, -0.15) is 0 Å². The van der Waals surface area contributed by atoms with Gasteiger partial charge in [0.2, 0.25) is 0 Å². The summed E-state index contributed by atoms with van der Waals surface area (Å²) in [6.07, 6.45) is 6.62. The maximum Gasteiger partial charge on any atom is 0.292 e. The van der Waals surface area contributed by atoms with E-state index in [-0.39, 0.29) is 11.7 Å². The summed E-state index contributed by atoms with van der Waals surface area (Å²) >= 11 is 0. The van der Waals surface area contributed by atoms with Crippen LogP contribution in [0.3, 0.4) is 0 Å². The predicted octanol–water partition coefficient (Wildman–Crippen LogP) is 2.93. The van der Waals surface area contributed by atoms with E-state index in [1.807, 2.05) is 18.2 Å². The molecule has 3 aromatic heterocycles. The molecular weight excluding hydrogens is 280 g/mol. The lowest BCUT2D eigenvalue weighted by atomic mass is 10.2.